The summed E-state index contributed by atoms with van der Waals surface area (Å²) >= 11 is 0. The summed E-state index contributed by atoms with van der Waals surface area (Å²) in [6.07, 6.45) is 4.25. The minimum Gasteiger partial charge on any atom is -0.384 e. The molecule has 2 N–H and O–H groups in total. The average Bonchev–Trinajstić information content (AvgIpc) is 3.35. The van der Waals surface area contributed by atoms with Gasteiger partial charge in [0.1, 0.15) is 11.6 Å². The highest BCUT2D eigenvalue weighted by atomic mass is 16.2. The van der Waals surface area contributed by atoms with E-state index in [1.165, 1.54) is 0 Å². The van der Waals surface area contributed by atoms with Crippen LogP contribution in [0.25, 0.3) is 5.69 Å². The van der Waals surface area contributed by atoms with E-state index in [0.717, 1.165) is 24.3 Å². The number of amides is 1. The van der Waals surface area contributed by atoms with Gasteiger partial charge >= 0.3 is 0 Å². The Kier molecular flexibility index (Phi) is 5.26. The fourth-order valence-electron chi connectivity index (χ4n) is 3.75. The number of benzene rings is 1. The number of hydrogen-bond donors (Lipinski definition) is 1. The molecule has 0 spiro atoms. The maximum Gasteiger partial charge on any atom is 0.257 e. The zero-order chi connectivity index (χ0) is 20.4. The fraction of sp³-hybridized carbons (Fsp3) is 0.333. The highest BCUT2D eigenvalue weighted by Crippen LogP contribution is 2.21. The number of nitrogens with two attached hydrogens (primary N) is 1. The lowest BCUT2D eigenvalue weighted by atomic mass is 10.2. The van der Waals surface area contributed by atoms with E-state index in [2.05, 4.69) is 20.0 Å². The second-order valence-electron chi connectivity index (χ2n) is 7.40. The third kappa shape index (κ3) is 3.97. The van der Waals surface area contributed by atoms with E-state index < -0.39 is 0 Å². The van der Waals surface area contributed by atoms with Crippen LogP contribution in [0.2, 0.25) is 0 Å². The van der Waals surface area contributed by atoms with Crippen LogP contribution >= 0.6 is 0 Å². The fourth-order valence-corrected chi connectivity index (χ4v) is 3.75. The van der Waals surface area contributed by atoms with Gasteiger partial charge in [0.15, 0.2) is 0 Å². The highest BCUT2D eigenvalue weighted by Gasteiger charge is 2.31. The molecular weight excluding hydrogens is 366 g/mol. The van der Waals surface area contributed by atoms with Gasteiger partial charge in [-0.15, -0.1) is 0 Å². The van der Waals surface area contributed by atoms with Crippen molar-refractivity contribution in [2.75, 3.05) is 25.9 Å². The van der Waals surface area contributed by atoms with Gasteiger partial charge in [-0.05, 0) is 38.6 Å². The van der Waals surface area contributed by atoms with Gasteiger partial charge in [-0.25, -0.2) is 14.6 Å². The number of likely N-dealkylation sites (N-methyl/N-ethyl adjacent to an activating group) is 1. The zero-order valence-corrected chi connectivity index (χ0v) is 16.7. The van der Waals surface area contributed by atoms with Crippen LogP contribution in [-0.4, -0.2) is 61.6 Å². The Morgan fingerprint density at radius 2 is 2.07 bits per heavy atom. The quantitative estimate of drug-likeness (QED) is 0.714. The standard InChI is InChI=1S/C21H25N7O/c1-15-18(12-24-28(15)16-6-4-3-5-7-16)21(29)27-11-9-17(13-27)26(2)14-20-23-10-8-19(22)25-20/h3-8,10,12,17H,9,11,13-14H2,1-2H3,(H2,22,23,25). The molecule has 1 saturated heterocycles. The molecule has 4 rings (SSSR count). The smallest absolute Gasteiger partial charge is 0.257 e. The molecule has 1 fully saturated rings. The zero-order valence-electron chi connectivity index (χ0n) is 16.7. The first-order chi connectivity index (χ1) is 14.0. The molecule has 3 heterocycles. The minimum atomic E-state index is 0.0285. The largest absolute Gasteiger partial charge is 0.384 e. The first-order valence-corrected chi connectivity index (χ1v) is 9.70. The summed E-state index contributed by atoms with van der Waals surface area (Å²) in [5, 5.41) is 4.43. The topological polar surface area (TPSA) is 93.2 Å². The normalized spacial score (nSPS) is 16.5. The molecule has 3 aromatic rings. The number of likely N-dealkylation sites (tertiary alicyclic amines) is 1. The molecule has 1 amide bonds. The Balaban J connectivity index is 1.43. The highest BCUT2D eigenvalue weighted by molar-refractivity contribution is 5.95. The third-order valence-corrected chi connectivity index (χ3v) is 5.43. The van der Waals surface area contributed by atoms with E-state index in [0.29, 0.717) is 30.3 Å². The molecule has 150 valence electrons. The number of aromatic nitrogens is 4. The molecule has 0 radical (unpaired) electrons. The summed E-state index contributed by atoms with van der Waals surface area (Å²) in [7, 11) is 2.03. The van der Waals surface area contributed by atoms with Gasteiger partial charge in [-0.3, -0.25) is 9.69 Å². The molecule has 1 aromatic carbocycles. The van der Waals surface area contributed by atoms with Crippen LogP contribution in [0.5, 0.6) is 0 Å². The van der Waals surface area contributed by atoms with Crippen LogP contribution < -0.4 is 5.73 Å². The number of nitrogens with zero attached hydrogens (tertiary/aromatic N) is 6. The van der Waals surface area contributed by atoms with Crippen LogP contribution in [-0.2, 0) is 6.54 Å². The minimum absolute atomic E-state index is 0.0285. The molecule has 0 bridgehead atoms. The SMILES string of the molecule is Cc1c(C(=O)N2CCC(N(C)Cc3nccc(N)n3)C2)cnn1-c1ccccc1. The summed E-state index contributed by atoms with van der Waals surface area (Å²) in [5.41, 5.74) is 8.19. The molecule has 1 aliphatic rings. The van der Waals surface area contributed by atoms with Gasteiger partial charge in [0.05, 0.1) is 29.7 Å². The van der Waals surface area contributed by atoms with Crippen molar-refractivity contribution in [2.45, 2.75) is 25.9 Å². The molecule has 1 unspecified atom stereocenters. The van der Waals surface area contributed by atoms with Crippen LogP contribution in [0.15, 0.2) is 48.8 Å². The maximum atomic E-state index is 13.1. The van der Waals surface area contributed by atoms with Crippen LogP contribution in [0, 0.1) is 6.92 Å². The Morgan fingerprint density at radius 1 is 1.28 bits per heavy atom. The number of carbonyl (C=O) groups is 1. The number of anilines is 1. The van der Waals surface area contributed by atoms with Crippen LogP contribution in [0.3, 0.4) is 0 Å². The van der Waals surface area contributed by atoms with Crippen molar-refractivity contribution < 1.29 is 4.79 Å². The van der Waals surface area contributed by atoms with Crippen LogP contribution in [0.4, 0.5) is 5.82 Å². The number of para-hydroxylation sites is 1. The van der Waals surface area contributed by atoms with E-state index in [1.54, 1.807) is 18.5 Å². The number of hydrogen-bond acceptors (Lipinski definition) is 6. The van der Waals surface area contributed by atoms with Crippen molar-refractivity contribution in [1.82, 2.24) is 29.5 Å². The van der Waals surface area contributed by atoms with Crippen molar-refractivity contribution >= 4 is 11.7 Å². The van der Waals surface area contributed by atoms with E-state index in [9.17, 15) is 4.79 Å². The van der Waals surface area contributed by atoms with Gasteiger partial charge in [0, 0.05) is 25.3 Å². The molecule has 2 aromatic heterocycles. The first-order valence-electron chi connectivity index (χ1n) is 9.70. The van der Waals surface area contributed by atoms with Crippen molar-refractivity contribution in [1.29, 1.82) is 0 Å². The van der Waals surface area contributed by atoms with Crippen molar-refractivity contribution in [3.05, 3.63) is 65.9 Å². The van der Waals surface area contributed by atoms with Crippen molar-refractivity contribution in [3.63, 3.8) is 0 Å². The van der Waals surface area contributed by atoms with Gasteiger partial charge < -0.3 is 10.6 Å². The first kappa shape index (κ1) is 19.1. The summed E-state index contributed by atoms with van der Waals surface area (Å²) in [4.78, 5) is 25.7. The molecule has 8 heteroatoms. The maximum absolute atomic E-state index is 13.1. The second-order valence-corrected chi connectivity index (χ2v) is 7.40. The molecule has 1 aliphatic heterocycles. The van der Waals surface area contributed by atoms with E-state index in [4.69, 9.17) is 5.73 Å². The van der Waals surface area contributed by atoms with Gasteiger partial charge in [0.25, 0.3) is 5.91 Å². The summed E-state index contributed by atoms with van der Waals surface area (Å²) in [6.45, 7) is 3.93. The van der Waals surface area contributed by atoms with E-state index in [1.807, 2.05) is 53.9 Å². The lowest BCUT2D eigenvalue weighted by Crippen LogP contribution is -2.36. The average molecular weight is 391 g/mol. The predicted molar refractivity (Wildman–Crippen MR) is 111 cm³/mol. The molecule has 0 saturated carbocycles. The van der Waals surface area contributed by atoms with Gasteiger partial charge in [0.2, 0.25) is 0 Å². The monoisotopic (exact) mass is 391 g/mol. The Bertz CT molecular complexity index is 1000. The van der Waals surface area contributed by atoms with E-state index in [-0.39, 0.29) is 11.9 Å². The lowest BCUT2D eigenvalue weighted by molar-refractivity contribution is 0.0778. The molecule has 0 aliphatic carbocycles. The summed E-state index contributed by atoms with van der Waals surface area (Å²) in [6, 6.07) is 11.8. The predicted octanol–water partition coefficient (Wildman–Crippen LogP) is 1.90. The van der Waals surface area contributed by atoms with E-state index >= 15 is 0 Å². The van der Waals surface area contributed by atoms with Crippen LogP contribution in [0.1, 0.15) is 28.3 Å². The Morgan fingerprint density at radius 3 is 2.83 bits per heavy atom. The number of rotatable bonds is 5. The summed E-state index contributed by atoms with van der Waals surface area (Å²) < 4.78 is 1.81. The number of carbonyl (C=O) groups excluding carboxylic acids is 1. The molecule has 8 nitrogen and oxygen atoms in total. The lowest BCUT2D eigenvalue weighted by Gasteiger charge is -2.24. The Hall–Kier alpha value is -3.26. The van der Waals surface area contributed by atoms with Gasteiger partial charge in [-0.1, -0.05) is 18.2 Å². The molecule has 29 heavy (non-hydrogen) atoms. The summed E-state index contributed by atoms with van der Waals surface area (Å²) in [5.74, 6) is 1.19. The van der Waals surface area contributed by atoms with Crippen molar-refractivity contribution in [2.24, 2.45) is 0 Å². The Labute approximate surface area is 170 Å². The van der Waals surface area contributed by atoms with Crippen molar-refractivity contribution in [3.8, 4) is 5.69 Å². The molecular formula is C21H25N7O. The number of nitrogen functional groups attached to an aromatic ring is 1. The van der Waals surface area contributed by atoms with Gasteiger partial charge in [-0.2, -0.15) is 5.10 Å². The second kappa shape index (κ2) is 8.00. The molecule has 1 atom stereocenters. The third-order valence-electron chi connectivity index (χ3n) is 5.43.